The van der Waals surface area contributed by atoms with Crippen LogP contribution in [0.3, 0.4) is 0 Å². The van der Waals surface area contributed by atoms with Crippen LogP contribution in [0, 0.1) is 5.82 Å². The lowest BCUT2D eigenvalue weighted by atomic mass is 10.2. The van der Waals surface area contributed by atoms with Crippen LogP contribution < -0.4 is 5.43 Å². The van der Waals surface area contributed by atoms with Gasteiger partial charge in [0.25, 0.3) is 5.91 Å². The minimum Gasteiger partial charge on any atom is -0.267 e. The summed E-state index contributed by atoms with van der Waals surface area (Å²) in [6.07, 6.45) is 1.24. The van der Waals surface area contributed by atoms with Crippen LogP contribution in [0.15, 0.2) is 52.0 Å². The molecule has 102 valence electrons. The van der Waals surface area contributed by atoms with Gasteiger partial charge in [-0.2, -0.15) is 5.10 Å². The average Bonchev–Trinajstić information content (AvgIpc) is 2.42. The molecule has 0 saturated carbocycles. The monoisotopic (exact) mass is 354 g/mol. The van der Waals surface area contributed by atoms with Crippen molar-refractivity contribution in [1.29, 1.82) is 0 Å². The molecule has 1 N–H and O–H groups in total. The van der Waals surface area contributed by atoms with Crippen LogP contribution in [0.25, 0.3) is 0 Å². The molecule has 0 fully saturated rings. The Morgan fingerprint density at radius 1 is 1.30 bits per heavy atom. The van der Waals surface area contributed by atoms with Crippen molar-refractivity contribution in [2.75, 3.05) is 0 Å². The molecule has 0 saturated heterocycles. The lowest BCUT2D eigenvalue weighted by Gasteiger charge is -2.01. The van der Waals surface area contributed by atoms with E-state index in [-0.39, 0.29) is 5.56 Å². The van der Waals surface area contributed by atoms with E-state index < -0.39 is 11.7 Å². The van der Waals surface area contributed by atoms with Crippen LogP contribution >= 0.6 is 27.5 Å². The predicted molar refractivity (Wildman–Crippen MR) is 80.6 cm³/mol. The summed E-state index contributed by atoms with van der Waals surface area (Å²) >= 11 is 9.02. The highest BCUT2D eigenvalue weighted by Crippen LogP contribution is 2.14. The smallest absolute Gasteiger partial charge is 0.267 e. The maximum atomic E-state index is 13.4. The van der Waals surface area contributed by atoms with Crippen molar-refractivity contribution < 1.29 is 9.18 Å². The molecule has 0 aliphatic carbocycles. The highest BCUT2D eigenvalue weighted by Gasteiger charge is 2.04. The van der Waals surface area contributed by atoms with Crippen LogP contribution in [0.4, 0.5) is 4.39 Å². The van der Waals surface area contributed by atoms with E-state index in [1.165, 1.54) is 18.3 Å². The van der Waals surface area contributed by atoms with Gasteiger partial charge in [0.1, 0.15) is 5.82 Å². The van der Waals surface area contributed by atoms with Crippen LogP contribution in [-0.4, -0.2) is 12.1 Å². The van der Waals surface area contributed by atoms with Crippen molar-refractivity contribution in [3.63, 3.8) is 0 Å². The fourth-order valence-electron chi connectivity index (χ4n) is 1.47. The topological polar surface area (TPSA) is 41.5 Å². The first-order valence-corrected chi connectivity index (χ1v) is 6.77. The van der Waals surface area contributed by atoms with Crippen LogP contribution in [0.1, 0.15) is 15.9 Å². The first kappa shape index (κ1) is 14.7. The molecule has 2 aromatic rings. The van der Waals surface area contributed by atoms with E-state index in [9.17, 15) is 9.18 Å². The third-order valence-corrected chi connectivity index (χ3v) is 3.14. The fourth-order valence-corrected chi connectivity index (χ4v) is 2.04. The second-order valence-electron chi connectivity index (χ2n) is 3.88. The molecule has 0 heterocycles. The standard InChI is InChI=1S/C14H9BrClFN2O/c15-11-4-5-13(17)10(6-11)8-18-19-14(20)9-2-1-3-12(16)7-9/h1-8H,(H,19,20)/b18-8-. The Hall–Kier alpha value is -1.72. The van der Waals surface area contributed by atoms with Gasteiger partial charge in [-0.1, -0.05) is 33.6 Å². The number of benzene rings is 2. The van der Waals surface area contributed by atoms with Gasteiger partial charge >= 0.3 is 0 Å². The minimum atomic E-state index is -0.422. The minimum absolute atomic E-state index is 0.269. The lowest BCUT2D eigenvalue weighted by Crippen LogP contribution is -2.17. The zero-order valence-electron chi connectivity index (χ0n) is 10.1. The third kappa shape index (κ3) is 3.88. The normalized spacial score (nSPS) is 10.8. The first-order valence-electron chi connectivity index (χ1n) is 5.60. The van der Waals surface area contributed by atoms with Gasteiger partial charge < -0.3 is 0 Å². The van der Waals surface area contributed by atoms with Crippen molar-refractivity contribution in [3.8, 4) is 0 Å². The van der Waals surface area contributed by atoms with E-state index in [4.69, 9.17) is 11.6 Å². The molecule has 0 unspecified atom stereocenters. The molecule has 0 radical (unpaired) electrons. The van der Waals surface area contributed by atoms with Crippen molar-refractivity contribution >= 4 is 39.7 Å². The molecule has 3 nitrogen and oxygen atoms in total. The molecule has 0 aliphatic rings. The lowest BCUT2D eigenvalue weighted by molar-refractivity contribution is 0.0955. The SMILES string of the molecule is O=C(N/N=C\c1cc(Br)ccc1F)c1cccc(Cl)c1. The highest BCUT2D eigenvalue weighted by molar-refractivity contribution is 9.10. The third-order valence-electron chi connectivity index (χ3n) is 2.41. The molecule has 0 spiro atoms. The van der Waals surface area contributed by atoms with Gasteiger partial charge in [-0.05, 0) is 36.4 Å². The summed E-state index contributed by atoms with van der Waals surface area (Å²) in [6.45, 7) is 0. The highest BCUT2D eigenvalue weighted by atomic mass is 79.9. The van der Waals surface area contributed by atoms with Gasteiger partial charge in [-0.3, -0.25) is 4.79 Å². The maximum absolute atomic E-state index is 13.4. The number of halogens is 3. The second-order valence-corrected chi connectivity index (χ2v) is 5.23. The van der Waals surface area contributed by atoms with Crippen LogP contribution in [-0.2, 0) is 0 Å². The average molecular weight is 356 g/mol. The van der Waals surface area contributed by atoms with E-state index in [0.29, 0.717) is 10.6 Å². The summed E-state index contributed by atoms with van der Waals surface area (Å²) < 4.78 is 14.2. The summed E-state index contributed by atoms with van der Waals surface area (Å²) in [5, 5.41) is 4.18. The fraction of sp³-hybridized carbons (Fsp3) is 0. The van der Waals surface area contributed by atoms with Crippen molar-refractivity contribution in [3.05, 3.63) is 68.9 Å². The van der Waals surface area contributed by atoms with Crippen LogP contribution in [0.2, 0.25) is 5.02 Å². The van der Waals surface area contributed by atoms with Gasteiger partial charge in [-0.15, -0.1) is 0 Å². The molecule has 6 heteroatoms. The quantitative estimate of drug-likeness (QED) is 0.656. The number of hydrogen-bond acceptors (Lipinski definition) is 2. The van der Waals surface area contributed by atoms with Crippen molar-refractivity contribution in [2.24, 2.45) is 5.10 Å². The van der Waals surface area contributed by atoms with Crippen molar-refractivity contribution in [1.82, 2.24) is 5.43 Å². The second kappa shape index (κ2) is 6.63. The summed E-state index contributed by atoms with van der Waals surface area (Å²) in [6, 6.07) is 10.9. The maximum Gasteiger partial charge on any atom is 0.271 e. The number of hydrogen-bond donors (Lipinski definition) is 1. The Morgan fingerprint density at radius 2 is 2.10 bits per heavy atom. The van der Waals surface area contributed by atoms with E-state index in [0.717, 1.165) is 4.47 Å². The number of nitrogens with one attached hydrogen (secondary N) is 1. The van der Waals surface area contributed by atoms with Gasteiger partial charge in [0, 0.05) is 20.6 Å². The molecule has 2 aromatic carbocycles. The summed E-state index contributed by atoms with van der Waals surface area (Å²) in [5.41, 5.74) is 2.96. The number of amides is 1. The van der Waals surface area contributed by atoms with Gasteiger partial charge in [0.05, 0.1) is 6.21 Å². The Morgan fingerprint density at radius 3 is 2.85 bits per heavy atom. The number of carbonyl (C=O) groups is 1. The molecule has 0 aromatic heterocycles. The first-order chi connectivity index (χ1) is 9.56. The summed E-state index contributed by atoms with van der Waals surface area (Å²) in [7, 11) is 0. The molecular formula is C14H9BrClFN2O. The van der Waals surface area contributed by atoms with E-state index in [2.05, 4.69) is 26.5 Å². The Bertz CT molecular complexity index is 676. The van der Waals surface area contributed by atoms with E-state index >= 15 is 0 Å². The number of nitrogens with zero attached hydrogens (tertiary/aromatic N) is 1. The summed E-state index contributed by atoms with van der Waals surface area (Å²) in [4.78, 5) is 11.8. The van der Waals surface area contributed by atoms with Crippen molar-refractivity contribution in [2.45, 2.75) is 0 Å². The molecular weight excluding hydrogens is 347 g/mol. The van der Waals surface area contributed by atoms with E-state index in [1.807, 2.05) is 0 Å². The Balaban J connectivity index is 2.06. The molecule has 20 heavy (non-hydrogen) atoms. The largest absolute Gasteiger partial charge is 0.271 e. The molecule has 0 atom stereocenters. The summed E-state index contributed by atoms with van der Waals surface area (Å²) in [5.74, 6) is -0.840. The molecule has 2 rings (SSSR count). The Labute approximate surface area is 128 Å². The molecule has 0 bridgehead atoms. The Kier molecular flexibility index (Phi) is 4.87. The van der Waals surface area contributed by atoms with Crippen LogP contribution in [0.5, 0.6) is 0 Å². The molecule has 0 aliphatic heterocycles. The van der Waals surface area contributed by atoms with E-state index in [1.54, 1.807) is 30.3 Å². The van der Waals surface area contributed by atoms with Gasteiger partial charge in [0.2, 0.25) is 0 Å². The predicted octanol–water partition coefficient (Wildman–Crippen LogP) is 4.01. The van der Waals surface area contributed by atoms with Gasteiger partial charge in [0.15, 0.2) is 0 Å². The number of carbonyl (C=O) groups excluding carboxylic acids is 1. The molecule has 1 amide bonds. The van der Waals surface area contributed by atoms with Gasteiger partial charge in [-0.25, -0.2) is 9.82 Å². The number of rotatable bonds is 3. The number of hydrazone groups is 1. The zero-order valence-corrected chi connectivity index (χ0v) is 12.5. The zero-order chi connectivity index (χ0) is 14.5.